The molecule has 0 saturated heterocycles. The molecule has 0 aliphatic heterocycles. The number of aliphatic hydroxyl groups is 2. The molecular weight excluding hydrogens is 116 g/mol. The summed E-state index contributed by atoms with van der Waals surface area (Å²) in [5.41, 5.74) is 0.505. The van der Waals surface area contributed by atoms with E-state index in [1.807, 2.05) is 0 Å². The highest BCUT2D eigenvalue weighted by molar-refractivity contribution is 5.24. The van der Waals surface area contributed by atoms with Crippen LogP contribution in [0.4, 0.5) is 0 Å². The normalized spacial score (nSPS) is 11.0. The van der Waals surface area contributed by atoms with Gasteiger partial charge in [-0.3, -0.25) is 0 Å². The molecule has 0 heterocycles. The van der Waals surface area contributed by atoms with Gasteiger partial charge in [0.15, 0.2) is 0 Å². The minimum atomic E-state index is -0.171. The molecule has 50 valence electrons. The number of hydrogen-bond acceptors (Lipinski definition) is 2. The predicted octanol–water partition coefficient (Wildman–Crippen LogP) is 2.08. The summed E-state index contributed by atoms with van der Waals surface area (Å²) in [7, 11) is 0. The molecule has 0 aromatic rings. The van der Waals surface area contributed by atoms with Gasteiger partial charge in [0, 0.05) is 6.08 Å². The summed E-state index contributed by atoms with van der Waals surface area (Å²) >= 11 is 0. The number of hydrogen-bond donors (Lipinski definition) is 2. The third kappa shape index (κ3) is 3.41. The number of aliphatic hydroxyl groups excluding tert-OH is 2. The first-order valence-electron chi connectivity index (χ1n) is 2.48. The Morgan fingerprint density at radius 3 is 1.89 bits per heavy atom. The van der Waals surface area contributed by atoms with Crippen molar-refractivity contribution in [3.8, 4) is 0 Å². The molecule has 0 unspecified atom stereocenters. The van der Waals surface area contributed by atoms with Crippen molar-refractivity contribution in [2.75, 3.05) is 0 Å². The molecule has 2 heteroatoms. The van der Waals surface area contributed by atoms with E-state index in [4.69, 9.17) is 10.2 Å². The Labute approximate surface area is 54.4 Å². The highest BCUT2D eigenvalue weighted by atomic mass is 16.3. The van der Waals surface area contributed by atoms with Crippen molar-refractivity contribution in [3.05, 3.63) is 36.3 Å². The molecule has 2 N–H and O–H groups in total. The predicted molar refractivity (Wildman–Crippen MR) is 37.3 cm³/mol. The highest BCUT2D eigenvalue weighted by Gasteiger charge is 1.91. The van der Waals surface area contributed by atoms with Gasteiger partial charge in [0.1, 0.15) is 11.5 Å². The van der Waals surface area contributed by atoms with E-state index >= 15 is 0 Å². The number of allylic oxidation sites excluding steroid dienone is 2. The summed E-state index contributed by atoms with van der Waals surface area (Å²) in [6, 6.07) is 0. The van der Waals surface area contributed by atoms with Crippen molar-refractivity contribution in [3.63, 3.8) is 0 Å². The van der Waals surface area contributed by atoms with Crippen molar-refractivity contribution >= 4 is 0 Å². The van der Waals surface area contributed by atoms with Gasteiger partial charge in [0.25, 0.3) is 0 Å². The van der Waals surface area contributed by atoms with Gasteiger partial charge in [-0.2, -0.15) is 0 Å². The molecule has 0 radical (unpaired) electrons. The van der Waals surface area contributed by atoms with Crippen LogP contribution >= 0.6 is 0 Å². The van der Waals surface area contributed by atoms with Gasteiger partial charge in [-0.25, -0.2) is 0 Å². The lowest BCUT2D eigenvalue weighted by Gasteiger charge is -1.94. The van der Waals surface area contributed by atoms with E-state index in [2.05, 4.69) is 13.2 Å². The Morgan fingerprint density at radius 2 is 1.78 bits per heavy atom. The molecule has 0 saturated carbocycles. The van der Waals surface area contributed by atoms with Crippen LogP contribution in [0, 0.1) is 0 Å². The minimum absolute atomic E-state index is 0.0394. The molecule has 0 rings (SSSR count). The Morgan fingerprint density at radius 1 is 1.33 bits per heavy atom. The average Bonchev–Trinajstić information content (AvgIpc) is 1.63. The van der Waals surface area contributed by atoms with Gasteiger partial charge in [0.2, 0.25) is 0 Å². The molecule has 9 heavy (non-hydrogen) atoms. The number of rotatable bonds is 2. The first-order chi connectivity index (χ1) is 4.04. The molecule has 0 aromatic heterocycles. The van der Waals surface area contributed by atoms with Crippen LogP contribution in [0.1, 0.15) is 6.92 Å². The lowest BCUT2D eigenvalue weighted by Crippen LogP contribution is -1.81. The maximum Gasteiger partial charge on any atom is 0.121 e. The zero-order chi connectivity index (χ0) is 7.44. The van der Waals surface area contributed by atoms with Crippen LogP contribution in [0.5, 0.6) is 0 Å². The fourth-order valence-electron chi connectivity index (χ4n) is 0.281. The molecule has 0 aromatic carbocycles. The molecule has 2 nitrogen and oxygen atoms in total. The van der Waals surface area contributed by atoms with Crippen molar-refractivity contribution in [1.82, 2.24) is 0 Å². The summed E-state index contributed by atoms with van der Waals surface area (Å²) in [6.07, 6.45) is 1.14. The molecule has 0 bridgehead atoms. The quantitative estimate of drug-likeness (QED) is 0.439. The molecule has 0 fully saturated rings. The zero-order valence-electron chi connectivity index (χ0n) is 5.39. The monoisotopic (exact) mass is 126 g/mol. The van der Waals surface area contributed by atoms with Gasteiger partial charge >= 0.3 is 0 Å². The Hall–Kier alpha value is -1.18. The highest BCUT2D eigenvalue weighted by Crippen LogP contribution is 2.03. The van der Waals surface area contributed by atoms with Crippen LogP contribution in [0.3, 0.4) is 0 Å². The minimum Gasteiger partial charge on any atom is -0.508 e. The summed E-state index contributed by atoms with van der Waals surface area (Å²) < 4.78 is 0. The van der Waals surface area contributed by atoms with Crippen molar-refractivity contribution in [2.24, 2.45) is 0 Å². The van der Waals surface area contributed by atoms with Gasteiger partial charge in [-0.1, -0.05) is 13.2 Å². The molecule has 0 atom stereocenters. The lowest BCUT2D eigenvalue weighted by molar-refractivity contribution is 0.401. The summed E-state index contributed by atoms with van der Waals surface area (Å²) in [4.78, 5) is 0. The van der Waals surface area contributed by atoms with Gasteiger partial charge < -0.3 is 10.2 Å². The summed E-state index contributed by atoms with van der Waals surface area (Å²) in [6.45, 7) is 8.23. The van der Waals surface area contributed by atoms with Crippen LogP contribution in [0.15, 0.2) is 36.3 Å². The van der Waals surface area contributed by atoms with Crippen molar-refractivity contribution in [2.45, 2.75) is 6.92 Å². The Bertz CT molecular complexity index is 166. The van der Waals surface area contributed by atoms with Gasteiger partial charge in [0.05, 0.1) is 0 Å². The van der Waals surface area contributed by atoms with Crippen LogP contribution in [-0.2, 0) is 0 Å². The van der Waals surface area contributed by atoms with Crippen molar-refractivity contribution < 1.29 is 10.2 Å². The SMILES string of the molecule is C=C(O)/C=C(/O)C(=C)C. The second-order valence-corrected chi connectivity index (χ2v) is 1.80. The van der Waals surface area contributed by atoms with E-state index in [0.29, 0.717) is 5.57 Å². The average molecular weight is 126 g/mol. The maximum absolute atomic E-state index is 8.84. The standard InChI is InChI=1S/C7H10O2/c1-5(2)7(9)4-6(3)8/h4,8-9H,1,3H2,2H3/b7-4+. The van der Waals surface area contributed by atoms with E-state index in [1.54, 1.807) is 6.92 Å². The third-order valence-corrected chi connectivity index (χ3v) is 0.741. The lowest BCUT2D eigenvalue weighted by atomic mass is 10.2. The van der Waals surface area contributed by atoms with Crippen LogP contribution < -0.4 is 0 Å². The van der Waals surface area contributed by atoms with Crippen molar-refractivity contribution in [1.29, 1.82) is 0 Å². The Kier molecular flexibility index (Phi) is 2.58. The van der Waals surface area contributed by atoms with Gasteiger partial charge in [-0.15, -0.1) is 0 Å². The van der Waals surface area contributed by atoms with Crippen LogP contribution in [-0.4, -0.2) is 10.2 Å². The first kappa shape index (κ1) is 7.82. The first-order valence-corrected chi connectivity index (χ1v) is 2.48. The molecular formula is C7H10O2. The summed E-state index contributed by atoms with van der Waals surface area (Å²) in [5, 5.41) is 17.3. The van der Waals surface area contributed by atoms with E-state index in [1.165, 1.54) is 0 Å². The fraction of sp³-hybridized carbons (Fsp3) is 0.143. The largest absolute Gasteiger partial charge is 0.508 e. The second-order valence-electron chi connectivity index (χ2n) is 1.80. The van der Waals surface area contributed by atoms with Crippen LogP contribution in [0.2, 0.25) is 0 Å². The van der Waals surface area contributed by atoms with Gasteiger partial charge in [-0.05, 0) is 12.5 Å². The van der Waals surface area contributed by atoms with E-state index in [0.717, 1.165) is 6.08 Å². The summed E-state index contributed by atoms with van der Waals surface area (Å²) in [5.74, 6) is -0.210. The molecule has 0 amide bonds. The van der Waals surface area contributed by atoms with E-state index in [9.17, 15) is 0 Å². The van der Waals surface area contributed by atoms with Crippen LogP contribution in [0.25, 0.3) is 0 Å². The second kappa shape index (κ2) is 2.97. The zero-order valence-corrected chi connectivity index (χ0v) is 5.39. The Balaban J connectivity index is 4.17. The topological polar surface area (TPSA) is 40.5 Å². The third-order valence-electron chi connectivity index (χ3n) is 0.741. The molecule has 0 aliphatic carbocycles. The smallest absolute Gasteiger partial charge is 0.121 e. The molecule has 0 spiro atoms. The molecule has 0 aliphatic rings. The fourth-order valence-corrected chi connectivity index (χ4v) is 0.281. The van der Waals surface area contributed by atoms with E-state index in [-0.39, 0.29) is 11.5 Å². The maximum atomic E-state index is 8.84. The van der Waals surface area contributed by atoms with E-state index < -0.39 is 0 Å².